The molecule has 0 aromatic heterocycles. The van der Waals surface area contributed by atoms with Gasteiger partial charge in [0, 0.05) is 14.8 Å². The number of hydrogen-bond donors (Lipinski definition) is 1. The van der Waals surface area contributed by atoms with Crippen LogP contribution in [0.25, 0.3) is 6.08 Å². The van der Waals surface area contributed by atoms with Crippen molar-refractivity contribution < 1.29 is 4.79 Å². The van der Waals surface area contributed by atoms with Crippen LogP contribution in [0.3, 0.4) is 0 Å². The van der Waals surface area contributed by atoms with Gasteiger partial charge >= 0.3 is 0 Å². The van der Waals surface area contributed by atoms with Crippen LogP contribution < -0.4 is 5.32 Å². The molecule has 0 spiro atoms. The van der Waals surface area contributed by atoms with E-state index in [1.807, 2.05) is 30.3 Å². The molecule has 1 saturated heterocycles. The number of rotatable bonds is 4. The van der Waals surface area contributed by atoms with Gasteiger partial charge in [0.1, 0.15) is 0 Å². The van der Waals surface area contributed by atoms with E-state index in [0.717, 1.165) is 10.5 Å². The van der Waals surface area contributed by atoms with E-state index in [4.69, 9.17) is 11.6 Å². The minimum Gasteiger partial charge on any atom is -0.300 e. The summed E-state index contributed by atoms with van der Waals surface area (Å²) in [6, 6.07) is 23.8. The summed E-state index contributed by atoms with van der Waals surface area (Å²) in [6.45, 7) is 2.08. The average molecular weight is 437 g/mol. The van der Waals surface area contributed by atoms with Gasteiger partial charge in [0.15, 0.2) is 5.17 Å². The minimum absolute atomic E-state index is 0.145. The molecule has 1 amide bonds. The zero-order valence-corrected chi connectivity index (χ0v) is 17.9. The minimum atomic E-state index is -0.145. The van der Waals surface area contributed by atoms with E-state index in [0.29, 0.717) is 20.8 Å². The van der Waals surface area contributed by atoms with Gasteiger partial charge in [-0.2, -0.15) is 0 Å². The summed E-state index contributed by atoms with van der Waals surface area (Å²) in [5, 5.41) is 3.96. The molecular formula is C23H17ClN2OS2. The van der Waals surface area contributed by atoms with Crippen LogP contribution in [0.15, 0.2) is 92.5 Å². The fourth-order valence-corrected chi connectivity index (χ4v) is 4.51. The number of nitrogens with one attached hydrogen (secondary N) is 1. The SMILES string of the molecule is Cc1ccc(Sc2ccc(/C=C3\SC(=Nc4cccc(Cl)c4)NC3=O)cc2)cc1. The van der Waals surface area contributed by atoms with E-state index in [1.165, 1.54) is 22.2 Å². The lowest BCUT2D eigenvalue weighted by Crippen LogP contribution is -2.19. The Morgan fingerprint density at radius 2 is 1.69 bits per heavy atom. The lowest BCUT2D eigenvalue weighted by atomic mass is 10.2. The Labute approximate surface area is 183 Å². The maximum Gasteiger partial charge on any atom is 0.264 e. The molecule has 1 N–H and O–H groups in total. The van der Waals surface area contributed by atoms with Crippen LogP contribution in [-0.4, -0.2) is 11.1 Å². The number of aliphatic imine (C=N–C) groups is 1. The van der Waals surface area contributed by atoms with Gasteiger partial charge in [-0.25, -0.2) is 4.99 Å². The Hall–Kier alpha value is -2.47. The van der Waals surface area contributed by atoms with Gasteiger partial charge in [-0.05, 0) is 72.8 Å². The van der Waals surface area contributed by atoms with Crippen molar-refractivity contribution in [2.45, 2.75) is 16.7 Å². The standard InChI is InChI=1S/C23H17ClN2OS2/c1-15-5-9-19(10-6-15)28-20-11-7-16(8-12-20)13-21-22(27)26-23(29-21)25-18-4-2-3-17(24)14-18/h2-14H,1H3,(H,25,26,27)/b21-13-. The highest BCUT2D eigenvalue weighted by atomic mass is 35.5. The second-order valence-electron chi connectivity index (χ2n) is 6.45. The number of thioether (sulfide) groups is 1. The molecule has 0 bridgehead atoms. The fraction of sp³-hybridized carbons (Fsp3) is 0.0435. The van der Waals surface area contributed by atoms with Crippen molar-refractivity contribution in [2.75, 3.05) is 0 Å². The Bertz CT molecular complexity index is 1110. The van der Waals surface area contributed by atoms with Crippen LogP contribution in [-0.2, 0) is 4.79 Å². The quantitative estimate of drug-likeness (QED) is 0.463. The molecule has 6 heteroatoms. The fourth-order valence-electron chi connectivity index (χ4n) is 2.67. The second kappa shape index (κ2) is 8.91. The molecule has 3 aromatic carbocycles. The molecular weight excluding hydrogens is 420 g/mol. The first-order valence-electron chi connectivity index (χ1n) is 8.95. The first kappa shape index (κ1) is 19.8. The number of hydrogen-bond acceptors (Lipinski definition) is 4. The van der Waals surface area contributed by atoms with Crippen LogP contribution in [0.4, 0.5) is 5.69 Å². The second-order valence-corrected chi connectivity index (χ2v) is 9.06. The van der Waals surface area contributed by atoms with E-state index in [1.54, 1.807) is 23.9 Å². The third kappa shape index (κ3) is 5.32. The predicted molar refractivity (Wildman–Crippen MR) is 124 cm³/mol. The smallest absolute Gasteiger partial charge is 0.264 e. The molecule has 1 aliphatic rings. The molecule has 3 nitrogen and oxygen atoms in total. The van der Waals surface area contributed by atoms with E-state index in [-0.39, 0.29) is 5.91 Å². The largest absolute Gasteiger partial charge is 0.300 e. The molecule has 1 fully saturated rings. The first-order chi connectivity index (χ1) is 14.0. The van der Waals surface area contributed by atoms with Crippen molar-refractivity contribution in [1.82, 2.24) is 5.32 Å². The highest BCUT2D eigenvalue weighted by Gasteiger charge is 2.23. The summed E-state index contributed by atoms with van der Waals surface area (Å²) in [6.07, 6.45) is 1.88. The van der Waals surface area contributed by atoms with Gasteiger partial charge in [-0.1, -0.05) is 59.3 Å². The Morgan fingerprint density at radius 3 is 2.38 bits per heavy atom. The zero-order valence-electron chi connectivity index (χ0n) is 15.6. The average Bonchev–Trinajstić information content (AvgIpc) is 3.04. The Morgan fingerprint density at radius 1 is 1.00 bits per heavy atom. The Kier molecular flexibility index (Phi) is 6.09. The van der Waals surface area contributed by atoms with E-state index in [2.05, 4.69) is 53.6 Å². The van der Waals surface area contributed by atoms with Crippen LogP contribution >= 0.6 is 35.1 Å². The number of benzene rings is 3. The van der Waals surface area contributed by atoms with Crippen LogP contribution in [0, 0.1) is 6.92 Å². The summed E-state index contributed by atoms with van der Waals surface area (Å²) < 4.78 is 0. The summed E-state index contributed by atoms with van der Waals surface area (Å²) in [5.41, 5.74) is 2.93. The highest BCUT2D eigenvalue weighted by Crippen LogP contribution is 2.31. The number of amidine groups is 1. The first-order valence-corrected chi connectivity index (χ1v) is 11.0. The predicted octanol–water partition coefficient (Wildman–Crippen LogP) is 6.69. The normalized spacial score (nSPS) is 16.4. The van der Waals surface area contributed by atoms with Gasteiger partial charge in [0.2, 0.25) is 0 Å². The van der Waals surface area contributed by atoms with Gasteiger partial charge in [-0.15, -0.1) is 0 Å². The molecule has 0 aliphatic carbocycles. The summed E-state index contributed by atoms with van der Waals surface area (Å²) >= 11 is 9.03. The molecule has 0 radical (unpaired) electrons. The zero-order chi connectivity index (χ0) is 20.2. The van der Waals surface area contributed by atoms with Crippen LogP contribution in [0.1, 0.15) is 11.1 Å². The number of carbonyl (C=O) groups excluding carboxylic acids is 1. The summed E-state index contributed by atoms with van der Waals surface area (Å²) in [5.74, 6) is -0.145. The van der Waals surface area contributed by atoms with E-state index >= 15 is 0 Å². The molecule has 144 valence electrons. The lowest BCUT2D eigenvalue weighted by Gasteiger charge is -2.03. The van der Waals surface area contributed by atoms with Crippen molar-refractivity contribution in [3.63, 3.8) is 0 Å². The van der Waals surface area contributed by atoms with Crippen LogP contribution in [0.5, 0.6) is 0 Å². The Balaban J connectivity index is 1.46. The van der Waals surface area contributed by atoms with Gasteiger partial charge in [-0.3, -0.25) is 4.79 Å². The van der Waals surface area contributed by atoms with Gasteiger partial charge in [0.05, 0.1) is 10.6 Å². The van der Waals surface area contributed by atoms with Crippen molar-refractivity contribution >= 4 is 58.0 Å². The summed E-state index contributed by atoms with van der Waals surface area (Å²) in [4.78, 5) is 19.7. The molecule has 4 rings (SSSR count). The molecule has 0 saturated carbocycles. The highest BCUT2D eigenvalue weighted by molar-refractivity contribution is 8.18. The number of halogens is 1. The number of carbonyl (C=O) groups is 1. The topological polar surface area (TPSA) is 41.5 Å². The molecule has 3 aromatic rings. The van der Waals surface area contributed by atoms with Gasteiger partial charge in [0.25, 0.3) is 5.91 Å². The number of nitrogens with zero attached hydrogens (tertiary/aromatic N) is 1. The van der Waals surface area contributed by atoms with Crippen molar-refractivity contribution in [2.24, 2.45) is 4.99 Å². The molecule has 1 heterocycles. The molecule has 0 unspecified atom stereocenters. The lowest BCUT2D eigenvalue weighted by molar-refractivity contribution is -0.115. The summed E-state index contributed by atoms with van der Waals surface area (Å²) in [7, 11) is 0. The van der Waals surface area contributed by atoms with E-state index < -0.39 is 0 Å². The van der Waals surface area contributed by atoms with Gasteiger partial charge < -0.3 is 5.32 Å². The molecule has 0 atom stereocenters. The third-order valence-electron chi connectivity index (χ3n) is 4.12. The van der Waals surface area contributed by atoms with Crippen molar-refractivity contribution in [1.29, 1.82) is 0 Å². The van der Waals surface area contributed by atoms with E-state index in [9.17, 15) is 4.79 Å². The monoisotopic (exact) mass is 436 g/mol. The maximum atomic E-state index is 12.3. The number of amides is 1. The third-order valence-corrected chi connectivity index (χ3v) is 6.28. The van der Waals surface area contributed by atoms with Crippen LogP contribution in [0.2, 0.25) is 5.02 Å². The van der Waals surface area contributed by atoms with Crippen molar-refractivity contribution in [3.05, 3.63) is 93.9 Å². The number of aryl methyl sites for hydroxylation is 1. The molecule has 29 heavy (non-hydrogen) atoms. The van der Waals surface area contributed by atoms with Crippen molar-refractivity contribution in [3.8, 4) is 0 Å². The maximum absolute atomic E-state index is 12.3. The molecule has 1 aliphatic heterocycles.